The number of H-pyrrole nitrogens is 1. The summed E-state index contributed by atoms with van der Waals surface area (Å²) in [6, 6.07) is 6.25. The van der Waals surface area contributed by atoms with E-state index in [1.54, 1.807) is 28.4 Å². The molecule has 0 bridgehead atoms. The minimum atomic E-state index is -0.287. The number of fused-ring (bicyclic) bond motifs is 3. The number of thiophene rings is 1. The molecule has 4 rings (SSSR count). The Balaban J connectivity index is 1.39. The Bertz CT molecular complexity index is 1160. The fraction of sp³-hybridized carbons (Fsp3) is 0.435. The largest absolute Gasteiger partial charge is 0.336 e. The van der Waals surface area contributed by atoms with Gasteiger partial charge in [0, 0.05) is 24.5 Å². The highest BCUT2D eigenvalue weighted by Crippen LogP contribution is 2.34. The van der Waals surface area contributed by atoms with E-state index >= 15 is 0 Å². The quantitative estimate of drug-likeness (QED) is 0.515. The molecule has 0 fully saturated rings. The molecule has 0 atom stereocenters. The van der Waals surface area contributed by atoms with Crippen LogP contribution in [0.1, 0.15) is 28.2 Å². The fourth-order valence-corrected chi connectivity index (χ4v) is 5.93. The molecule has 1 amide bonds. The second-order valence-electron chi connectivity index (χ2n) is 8.29. The molecule has 0 aliphatic heterocycles. The first-order chi connectivity index (χ1) is 15.4. The topological polar surface area (TPSA) is 69.3 Å². The number of nitrogens with one attached hydrogen (secondary N) is 1. The maximum absolute atomic E-state index is 13.2. The molecule has 9 heteroatoms. The van der Waals surface area contributed by atoms with Crippen LogP contribution in [-0.4, -0.2) is 58.6 Å². The van der Waals surface area contributed by atoms with Gasteiger partial charge < -0.3 is 14.8 Å². The summed E-state index contributed by atoms with van der Waals surface area (Å²) in [4.78, 5) is 39.0. The molecule has 170 valence electrons. The number of aromatic nitrogens is 2. The lowest BCUT2D eigenvalue weighted by Gasteiger charge is -2.24. The molecule has 0 saturated carbocycles. The SMILES string of the molecule is CN(C)CCN(Cc1ccc(F)cc1)C(=O)CSCc1nc2sc3c(c2c(=O)[nH]1)CCC3. The molecule has 0 unspecified atom stereocenters. The van der Waals surface area contributed by atoms with Crippen molar-refractivity contribution in [3.8, 4) is 0 Å². The third kappa shape index (κ3) is 5.39. The first kappa shape index (κ1) is 22.9. The van der Waals surface area contributed by atoms with Crippen molar-refractivity contribution in [1.82, 2.24) is 19.8 Å². The average molecular weight is 475 g/mol. The summed E-state index contributed by atoms with van der Waals surface area (Å²) in [6.07, 6.45) is 3.10. The van der Waals surface area contributed by atoms with E-state index in [4.69, 9.17) is 0 Å². The Morgan fingerprint density at radius 3 is 2.75 bits per heavy atom. The van der Waals surface area contributed by atoms with Crippen molar-refractivity contribution in [1.29, 1.82) is 0 Å². The number of carbonyl (C=O) groups is 1. The third-order valence-corrected chi connectivity index (χ3v) is 7.66. The number of amides is 1. The molecule has 0 spiro atoms. The van der Waals surface area contributed by atoms with E-state index < -0.39 is 0 Å². The van der Waals surface area contributed by atoms with Crippen molar-refractivity contribution in [2.24, 2.45) is 0 Å². The van der Waals surface area contributed by atoms with Crippen LogP contribution in [0.15, 0.2) is 29.1 Å². The highest BCUT2D eigenvalue weighted by molar-refractivity contribution is 7.99. The maximum Gasteiger partial charge on any atom is 0.259 e. The molecule has 0 saturated heterocycles. The number of carbonyl (C=O) groups excluding carboxylic acids is 1. The van der Waals surface area contributed by atoms with Crippen molar-refractivity contribution in [3.05, 3.63) is 62.3 Å². The molecule has 3 aromatic rings. The van der Waals surface area contributed by atoms with Gasteiger partial charge in [0.1, 0.15) is 16.5 Å². The van der Waals surface area contributed by atoms with Crippen LogP contribution < -0.4 is 5.56 Å². The van der Waals surface area contributed by atoms with E-state index in [2.05, 4.69) is 9.97 Å². The van der Waals surface area contributed by atoms with E-state index in [9.17, 15) is 14.0 Å². The van der Waals surface area contributed by atoms with Gasteiger partial charge in [0.15, 0.2) is 0 Å². The van der Waals surface area contributed by atoms with E-state index in [1.165, 1.54) is 34.3 Å². The van der Waals surface area contributed by atoms with Gasteiger partial charge in [-0.15, -0.1) is 23.1 Å². The first-order valence-corrected chi connectivity index (χ1v) is 12.7. The van der Waals surface area contributed by atoms with Gasteiger partial charge in [0.2, 0.25) is 5.91 Å². The van der Waals surface area contributed by atoms with Crippen LogP contribution in [0.3, 0.4) is 0 Å². The van der Waals surface area contributed by atoms with Crippen molar-refractivity contribution in [2.75, 3.05) is 32.9 Å². The molecule has 1 aromatic carbocycles. The molecule has 2 aromatic heterocycles. The Morgan fingerprint density at radius 1 is 1.22 bits per heavy atom. The van der Waals surface area contributed by atoms with Crippen LogP contribution in [-0.2, 0) is 29.9 Å². The minimum Gasteiger partial charge on any atom is -0.336 e. The number of benzene rings is 1. The summed E-state index contributed by atoms with van der Waals surface area (Å²) in [5.41, 5.74) is 2.00. The zero-order valence-electron chi connectivity index (χ0n) is 18.3. The number of likely N-dealkylation sites (N-methyl/N-ethyl adjacent to an activating group) is 1. The van der Waals surface area contributed by atoms with Crippen molar-refractivity contribution in [2.45, 2.75) is 31.6 Å². The monoisotopic (exact) mass is 474 g/mol. The molecule has 32 heavy (non-hydrogen) atoms. The molecular weight excluding hydrogens is 447 g/mol. The Hall–Kier alpha value is -2.23. The summed E-state index contributed by atoms with van der Waals surface area (Å²) in [5, 5.41) is 0.751. The number of hydrogen-bond donors (Lipinski definition) is 1. The van der Waals surface area contributed by atoms with Crippen molar-refractivity contribution in [3.63, 3.8) is 0 Å². The van der Waals surface area contributed by atoms with E-state index in [-0.39, 0.29) is 23.0 Å². The zero-order valence-corrected chi connectivity index (χ0v) is 20.0. The van der Waals surface area contributed by atoms with Gasteiger partial charge in [-0.3, -0.25) is 9.59 Å². The summed E-state index contributed by atoms with van der Waals surface area (Å²) in [6.45, 7) is 1.77. The molecular formula is C23H27FN4O2S2. The Kier molecular flexibility index (Phi) is 7.27. The van der Waals surface area contributed by atoms with Crippen molar-refractivity contribution < 1.29 is 9.18 Å². The van der Waals surface area contributed by atoms with Gasteiger partial charge in [0.05, 0.1) is 16.9 Å². The van der Waals surface area contributed by atoms with Crippen LogP contribution in [0.5, 0.6) is 0 Å². The normalized spacial score (nSPS) is 13.1. The fourth-order valence-electron chi connectivity index (χ4n) is 3.86. The lowest BCUT2D eigenvalue weighted by molar-refractivity contribution is -0.129. The Labute approximate surface area is 194 Å². The molecule has 2 heterocycles. The smallest absolute Gasteiger partial charge is 0.259 e. The van der Waals surface area contributed by atoms with E-state index in [0.29, 0.717) is 24.7 Å². The number of aromatic amines is 1. The van der Waals surface area contributed by atoms with Crippen LogP contribution >= 0.6 is 23.1 Å². The first-order valence-electron chi connectivity index (χ1n) is 10.7. The number of nitrogens with zero attached hydrogens (tertiary/aromatic N) is 3. The van der Waals surface area contributed by atoms with Crippen LogP contribution in [0.4, 0.5) is 4.39 Å². The summed E-state index contributed by atoms with van der Waals surface area (Å²) in [5.74, 6) is 1.10. The van der Waals surface area contributed by atoms with Gasteiger partial charge in [-0.05, 0) is 56.6 Å². The van der Waals surface area contributed by atoms with Gasteiger partial charge >= 0.3 is 0 Å². The lowest BCUT2D eigenvalue weighted by Crippen LogP contribution is -2.37. The second-order valence-corrected chi connectivity index (χ2v) is 10.4. The zero-order chi connectivity index (χ0) is 22.7. The van der Waals surface area contributed by atoms with Gasteiger partial charge in [0.25, 0.3) is 5.56 Å². The summed E-state index contributed by atoms with van der Waals surface area (Å²) >= 11 is 3.07. The third-order valence-electron chi connectivity index (χ3n) is 5.54. The van der Waals surface area contributed by atoms with Crippen LogP contribution in [0, 0.1) is 5.82 Å². The highest BCUT2D eigenvalue weighted by atomic mass is 32.2. The maximum atomic E-state index is 13.2. The van der Waals surface area contributed by atoms with Crippen LogP contribution in [0.25, 0.3) is 10.2 Å². The second kappa shape index (κ2) is 10.1. The van der Waals surface area contributed by atoms with Gasteiger partial charge in [-0.25, -0.2) is 9.37 Å². The number of aryl methyl sites for hydroxylation is 2. The molecule has 1 aliphatic rings. The van der Waals surface area contributed by atoms with Gasteiger partial charge in [-0.1, -0.05) is 12.1 Å². The van der Waals surface area contributed by atoms with E-state index in [1.807, 2.05) is 19.0 Å². The lowest BCUT2D eigenvalue weighted by atomic mass is 10.2. The standard InChI is InChI=1S/C23H27FN4O2S2/c1-27(2)10-11-28(12-15-6-8-16(24)9-7-15)20(29)14-31-13-19-25-22(30)21-17-4-3-5-18(17)32-23(21)26-19/h6-9H,3-5,10-14H2,1-2H3,(H,25,26,30). The van der Waals surface area contributed by atoms with E-state index in [0.717, 1.165) is 41.6 Å². The number of thioether (sulfide) groups is 1. The molecule has 6 nitrogen and oxygen atoms in total. The van der Waals surface area contributed by atoms with Crippen LogP contribution in [0.2, 0.25) is 0 Å². The average Bonchev–Trinajstić information content (AvgIpc) is 3.33. The number of hydrogen-bond acceptors (Lipinski definition) is 6. The molecule has 1 aliphatic carbocycles. The number of halogens is 1. The van der Waals surface area contributed by atoms with Gasteiger partial charge in [-0.2, -0.15) is 0 Å². The molecule has 0 radical (unpaired) electrons. The number of rotatable bonds is 9. The molecule has 1 N–H and O–H groups in total. The summed E-state index contributed by atoms with van der Waals surface area (Å²) < 4.78 is 13.2. The highest BCUT2D eigenvalue weighted by Gasteiger charge is 2.21. The predicted molar refractivity (Wildman–Crippen MR) is 129 cm³/mol. The minimum absolute atomic E-state index is 0.0136. The predicted octanol–water partition coefficient (Wildman–Crippen LogP) is 3.44. The van der Waals surface area contributed by atoms with Crippen molar-refractivity contribution >= 4 is 39.2 Å². The summed E-state index contributed by atoms with van der Waals surface area (Å²) in [7, 11) is 3.93. The Morgan fingerprint density at radius 2 is 2.00 bits per heavy atom.